The summed E-state index contributed by atoms with van der Waals surface area (Å²) in [5.41, 5.74) is 5.27. The molecule has 0 aliphatic rings. The number of ether oxygens (including phenoxy) is 1. The summed E-state index contributed by atoms with van der Waals surface area (Å²) in [6, 6.07) is 0.156. The molecule has 0 heterocycles. The lowest BCUT2D eigenvalue weighted by atomic mass is 10.0. The molecule has 0 aromatic rings. The highest BCUT2D eigenvalue weighted by Gasteiger charge is 2.16. The van der Waals surface area contributed by atoms with Crippen molar-refractivity contribution in [3.05, 3.63) is 0 Å². The number of amides is 1. The second kappa shape index (κ2) is 8.50. The highest BCUT2D eigenvalue weighted by Crippen LogP contribution is 2.02. The first-order valence-corrected chi connectivity index (χ1v) is 5.69. The molecule has 0 spiro atoms. The Balaban J connectivity index is 3.93. The Labute approximate surface area is 98.3 Å². The number of hydrogen-bond donors (Lipinski definition) is 2. The van der Waals surface area contributed by atoms with Crippen LogP contribution in [-0.4, -0.2) is 57.2 Å². The van der Waals surface area contributed by atoms with Gasteiger partial charge in [0.2, 0.25) is 5.91 Å². The summed E-state index contributed by atoms with van der Waals surface area (Å²) < 4.78 is 5.08. The SMILES string of the molecule is CC(C)C(CN(C)C)NC(=O)COCCN. The van der Waals surface area contributed by atoms with Crippen LogP contribution in [0.25, 0.3) is 0 Å². The van der Waals surface area contributed by atoms with Gasteiger partial charge >= 0.3 is 0 Å². The van der Waals surface area contributed by atoms with Crippen LogP contribution in [0.15, 0.2) is 0 Å². The van der Waals surface area contributed by atoms with Crippen molar-refractivity contribution in [2.45, 2.75) is 19.9 Å². The number of nitrogens with two attached hydrogens (primary N) is 1. The monoisotopic (exact) mass is 231 g/mol. The molecule has 16 heavy (non-hydrogen) atoms. The van der Waals surface area contributed by atoms with E-state index in [0.717, 1.165) is 6.54 Å². The lowest BCUT2D eigenvalue weighted by Gasteiger charge is -2.25. The number of nitrogens with zero attached hydrogens (tertiary/aromatic N) is 1. The number of likely N-dealkylation sites (N-methyl/N-ethyl adjacent to an activating group) is 1. The molecule has 0 aliphatic heterocycles. The second-order valence-corrected chi connectivity index (χ2v) is 4.52. The number of hydrogen-bond acceptors (Lipinski definition) is 4. The molecule has 96 valence electrons. The summed E-state index contributed by atoms with van der Waals surface area (Å²) in [4.78, 5) is 13.6. The lowest BCUT2D eigenvalue weighted by Crippen LogP contribution is -2.46. The van der Waals surface area contributed by atoms with E-state index in [2.05, 4.69) is 24.1 Å². The molecule has 1 amide bonds. The minimum Gasteiger partial charge on any atom is -0.370 e. The number of rotatable bonds is 8. The molecule has 1 atom stereocenters. The maximum atomic E-state index is 11.5. The highest BCUT2D eigenvalue weighted by molar-refractivity contribution is 5.77. The smallest absolute Gasteiger partial charge is 0.246 e. The summed E-state index contributed by atoms with van der Waals surface area (Å²) >= 11 is 0. The quantitative estimate of drug-likeness (QED) is 0.561. The molecule has 0 radical (unpaired) electrons. The van der Waals surface area contributed by atoms with Crippen LogP contribution in [0.3, 0.4) is 0 Å². The van der Waals surface area contributed by atoms with Gasteiger partial charge < -0.3 is 20.7 Å². The maximum Gasteiger partial charge on any atom is 0.246 e. The molecular formula is C11H25N3O2. The predicted molar refractivity (Wildman–Crippen MR) is 65.2 cm³/mol. The van der Waals surface area contributed by atoms with Crippen molar-refractivity contribution in [1.82, 2.24) is 10.2 Å². The average molecular weight is 231 g/mol. The molecule has 3 N–H and O–H groups in total. The van der Waals surface area contributed by atoms with Crippen molar-refractivity contribution in [1.29, 1.82) is 0 Å². The summed E-state index contributed by atoms with van der Waals surface area (Å²) in [5.74, 6) is 0.329. The number of carbonyl (C=O) groups is 1. The molecule has 5 heteroatoms. The molecule has 0 fully saturated rings. The van der Waals surface area contributed by atoms with Gasteiger partial charge in [0, 0.05) is 19.1 Å². The van der Waals surface area contributed by atoms with Gasteiger partial charge in [0.1, 0.15) is 6.61 Å². The van der Waals surface area contributed by atoms with Crippen molar-refractivity contribution < 1.29 is 9.53 Å². The predicted octanol–water partition coefficient (Wildman–Crippen LogP) is -0.336. The Morgan fingerprint density at radius 1 is 1.44 bits per heavy atom. The summed E-state index contributed by atoms with van der Waals surface area (Å²) in [7, 11) is 3.99. The van der Waals surface area contributed by atoms with Gasteiger partial charge in [-0.2, -0.15) is 0 Å². The molecule has 0 bridgehead atoms. The number of nitrogens with one attached hydrogen (secondary N) is 1. The van der Waals surface area contributed by atoms with Crippen molar-refractivity contribution in [2.75, 3.05) is 40.4 Å². The average Bonchev–Trinajstić information content (AvgIpc) is 2.16. The van der Waals surface area contributed by atoms with E-state index in [1.54, 1.807) is 0 Å². The Hall–Kier alpha value is -0.650. The van der Waals surface area contributed by atoms with Crippen LogP contribution < -0.4 is 11.1 Å². The van der Waals surface area contributed by atoms with Crippen LogP contribution in [0.5, 0.6) is 0 Å². The maximum absolute atomic E-state index is 11.5. The van der Waals surface area contributed by atoms with Crippen LogP contribution in [-0.2, 0) is 9.53 Å². The van der Waals surface area contributed by atoms with Gasteiger partial charge in [-0.1, -0.05) is 13.8 Å². The van der Waals surface area contributed by atoms with Crippen molar-refractivity contribution in [3.8, 4) is 0 Å². The Bertz CT molecular complexity index is 196. The standard InChI is InChI=1S/C11H25N3O2/c1-9(2)10(7-14(3)4)13-11(15)8-16-6-5-12/h9-10H,5-8,12H2,1-4H3,(H,13,15). The van der Waals surface area contributed by atoms with E-state index in [0.29, 0.717) is 19.1 Å². The molecule has 0 saturated heterocycles. The topological polar surface area (TPSA) is 67.6 Å². The summed E-state index contributed by atoms with van der Waals surface area (Å²) in [6.07, 6.45) is 0. The Morgan fingerprint density at radius 3 is 2.50 bits per heavy atom. The molecule has 0 aromatic carbocycles. The minimum atomic E-state index is -0.0750. The van der Waals surface area contributed by atoms with Gasteiger partial charge in [-0.25, -0.2) is 0 Å². The normalized spacial score (nSPS) is 13.2. The molecular weight excluding hydrogens is 206 g/mol. The minimum absolute atomic E-state index is 0.0750. The van der Waals surface area contributed by atoms with Gasteiger partial charge in [0.15, 0.2) is 0 Å². The fraction of sp³-hybridized carbons (Fsp3) is 0.909. The first kappa shape index (κ1) is 15.3. The van der Waals surface area contributed by atoms with Crippen molar-refractivity contribution >= 4 is 5.91 Å². The van der Waals surface area contributed by atoms with Crippen LogP contribution in [0.1, 0.15) is 13.8 Å². The Kier molecular flexibility index (Phi) is 8.15. The highest BCUT2D eigenvalue weighted by atomic mass is 16.5. The van der Waals surface area contributed by atoms with E-state index in [4.69, 9.17) is 10.5 Å². The summed E-state index contributed by atoms with van der Waals surface area (Å²) in [5, 5.41) is 2.96. The van der Waals surface area contributed by atoms with Crippen molar-refractivity contribution in [3.63, 3.8) is 0 Å². The fourth-order valence-corrected chi connectivity index (χ4v) is 1.31. The lowest BCUT2D eigenvalue weighted by molar-refractivity contribution is -0.126. The van der Waals surface area contributed by atoms with E-state index in [9.17, 15) is 4.79 Å². The van der Waals surface area contributed by atoms with Gasteiger partial charge in [0.25, 0.3) is 0 Å². The van der Waals surface area contributed by atoms with Gasteiger partial charge in [0.05, 0.1) is 6.61 Å². The van der Waals surface area contributed by atoms with Gasteiger partial charge in [-0.05, 0) is 20.0 Å². The second-order valence-electron chi connectivity index (χ2n) is 4.52. The Morgan fingerprint density at radius 2 is 2.06 bits per heavy atom. The van der Waals surface area contributed by atoms with E-state index >= 15 is 0 Å². The zero-order valence-electron chi connectivity index (χ0n) is 10.8. The van der Waals surface area contributed by atoms with Gasteiger partial charge in [-0.3, -0.25) is 4.79 Å². The zero-order chi connectivity index (χ0) is 12.6. The third kappa shape index (κ3) is 7.62. The number of carbonyl (C=O) groups excluding carboxylic acids is 1. The molecule has 1 unspecified atom stereocenters. The van der Waals surface area contributed by atoms with Crippen LogP contribution in [0.4, 0.5) is 0 Å². The first-order valence-electron chi connectivity index (χ1n) is 5.69. The fourth-order valence-electron chi connectivity index (χ4n) is 1.31. The molecule has 0 saturated carbocycles. The van der Waals surface area contributed by atoms with E-state index in [1.807, 2.05) is 14.1 Å². The molecule has 0 aliphatic carbocycles. The van der Waals surface area contributed by atoms with Crippen molar-refractivity contribution in [2.24, 2.45) is 11.7 Å². The summed E-state index contributed by atoms with van der Waals surface area (Å²) in [6.45, 7) is 5.98. The van der Waals surface area contributed by atoms with E-state index in [1.165, 1.54) is 0 Å². The first-order chi connectivity index (χ1) is 7.47. The van der Waals surface area contributed by atoms with Crippen LogP contribution >= 0.6 is 0 Å². The zero-order valence-corrected chi connectivity index (χ0v) is 10.8. The molecule has 0 rings (SSSR count). The van der Waals surface area contributed by atoms with Gasteiger partial charge in [-0.15, -0.1) is 0 Å². The van der Waals surface area contributed by atoms with Crippen LogP contribution in [0.2, 0.25) is 0 Å². The molecule has 0 aromatic heterocycles. The van der Waals surface area contributed by atoms with E-state index < -0.39 is 0 Å². The van der Waals surface area contributed by atoms with E-state index in [-0.39, 0.29) is 18.6 Å². The van der Waals surface area contributed by atoms with Crippen LogP contribution in [0, 0.1) is 5.92 Å². The largest absolute Gasteiger partial charge is 0.370 e. The molecule has 5 nitrogen and oxygen atoms in total. The third-order valence-electron chi connectivity index (χ3n) is 2.21. The third-order valence-corrected chi connectivity index (χ3v) is 2.21.